The van der Waals surface area contributed by atoms with E-state index in [1.165, 1.54) is 30.2 Å². The van der Waals surface area contributed by atoms with Crippen molar-refractivity contribution in [3.05, 3.63) is 0 Å². The largest absolute Gasteiger partial charge is 0.362 e. The number of thioether (sulfide) groups is 1. The summed E-state index contributed by atoms with van der Waals surface area (Å²) in [5, 5.41) is 4.83. The van der Waals surface area contributed by atoms with Crippen molar-refractivity contribution in [2.75, 3.05) is 5.75 Å². The molecule has 1 fully saturated rings. The van der Waals surface area contributed by atoms with Crippen LogP contribution in [-0.2, 0) is 0 Å². The molecule has 0 aromatic carbocycles. The number of hydrogen-bond donors (Lipinski definition) is 1. The predicted molar refractivity (Wildman–Crippen MR) is 73.1 cm³/mol. The van der Waals surface area contributed by atoms with Crippen molar-refractivity contribution < 1.29 is 0 Å². The number of hydrogen-bond acceptors (Lipinski definition) is 3. The Labute approximate surface area is 104 Å². The smallest absolute Gasteiger partial charge is 0.157 e. The first-order valence-electron chi connectivity index (χ1n) is 6.43. The van der Waals surface area contributed by atoms with E-state index in [0.29, 0.717) is 17.5 Å². The highest BCUT2D eigenvalue weighted by molar-refractivity contribution is 8.13. The van der Waals surface area contributed by atoms with Crippen LogP contribution in [0.25, 0.3) is 0 Å². The summed E-state index contributed by atoms with van der Waals surface area (Å²) in [5.41, 5.74) is 0.524. The second kappa shape index (κ2) is 4.59. The van der Waals surface area contributed by atoms with Crippen molar-refractivity contribution in [2.24, 2.45) is 16.3 Å². The van der Waals surface area contributed by atoms with Crippen LogP contribution in [0.4, 0.5) is 0 Å². The Morgan fingerprint density at radius 3 is 2.69 bits per heavy atom. The molecular weight excluding hydrogens is 216 g/mol. The maximum atomic E-state index is 4.74. The van der Waals surface area contributed by atoms with E-state index >= 15 is 0 Å². The Morgan fingerprint density at radius 2 is 2.12 bits per heavy atom. The van der Waals surface area contributed by atoms with Crippen LogP contribution in [0.2, 0.25) is 0 Å². The van der Waals surface area contributed by atoms with Gasteiger partial charge in [0.15, 0.2) is 5.17 Å². The Kier molecular flexibility index (Phi) is 3.53. The van der Waals surface area contributed by atoms with Gasteiger partial charge in [0, 0.05) is 11.8 Å². The topological polar surface area (TPSA) is 24.4 Å². The van der Waals surface area contributed by atoms with Gasteiger partial charge in [0.25, 0.3) is 0 Å². The molecule has 1 heterocycles. The minimum atomic E-state index is 0.484. The Morgan fingerprint density at radius 1 is 1.38 bits per heavy atom. The Hall–Kier alpha value is -0.180. The third kappa shape index (κ3) is 2.93. The molecule has 16 heavy (non-hydrogen) atoms. The molecule has 1 N–H and O–H groups in total. The van der Waals surface area contributed by atoms with Gasteiger partial charge in [-0.15, -0.1) is 0 Å². The number of rotatable bonds is 1. The molecule has 2 nitrogen and oxygen atoms in total. The molecule has 0 amide bonds. The summed E-state index contributed by atoms with van der Waals surface area (Å²) < 4.78 is 0. The summed E-state index contributed by atoms with van der Waals surface area (Å²) in [5.74, 6) is 1.93. The molecule has 0 bridgehead atoms. The molecule has 3 atom stereocenters. The third-order valence-corrected chi connectivity index (χ3v) is 5.11. The van der Waals surface area contributed by atoms with Crippen molar-refractivity contribution in [3.63, 3.8) is 0 Å². The maximum absolute atomic E-state index is 4.74. The van der Waals surface area contributed by atoms with E-state index in [0.717, 1.165) is 5.92 Å². The molecule has 3 heteroatoms. The molecule has 0 spiro atoms. The monoisotopic (exact) mass is 240 g/mol. The molecule has 1 aliphatic carbocycles. The average molecular weight is 240 g/mol. The molecule has 2 aliphatic rings. The van der Waals surface area contributed by atoms with Gasteiger partial charge in [-0.1, -0.05) is 32.5 Å². The predicted octanol–water partition coefficient (Wildman–Crippen LogP) is 3.28. The summed E-state index contributed by atoms with van der Waals surface area (Å²) in [6.07, 6.45) is 3.93. The number of aliphatic imine (C=N–C) groups is 1. The number of nitrogens with one attached hydrogen (secondary N) is 1. The highest BCUT2D eigenvalue weighted by Crippen LogP contribution is 2.37. The average Bonchev–Trinajstić information content (AvgIpc) is 2.52. The van der Waals surface area contributed by atoms with Crippen LogP contribution in [0.1, 0.15) is 47.0 Å². The number of amidine groups is 1. The standard InChI is InChI=1S/C13H24N2S/c1-9-8-16-12(14-10(9)2)15-11-5-6-13(3,4)7-11/h9-11H,5-8H2,1-4H3,(H,14,15). The maximum Gasteiger partial charge on any atom is 0.157 e. The summed E-state index contributed by atoms with van der Waals surface area (Å²) >= 11 is 1.90. The van der Waals surface area contributed by atoms with Gasteiger partial charge in [0.1, 0.15) is 0 Å². The fourth-order valence-corrected chi connectivity index (χ4v) is 3.70. The number of nitrogens with zero attached hydrogens (tertiary/aromatic N) is 1. The second-order valence-electron chi connectivity index (χ2n) is 6.21. The van der Waals surface area contributed by atoms with Crippen LogP contribution < -0.4 is 5.32 Å². The van der Waals surface area contributed by atoms with Crippen molar-refractivity contribution >= 4 is 16.9 Å². The van der Waals surface area contributed by atoms with Crippen LogP contribution >= 0.6 is 11.8 Å². The summed E-state index contributed by atoms with van der Waals surface area (Å²) in [7, 11) is 0. The lowest BCUT2D eigenvalue weighted by Crippen LogP contribution is -2.36. The third-order valence-electron chi connectivity index (χ3n) is 3.92. The fraction of sp³-hybridized carbons (Fsp3) is 0.923. The summed E-state index contributed by atoms with van der Waals surface area (Å²) in [6, 6.07) is 1.14. The van der Waals surface area contributed by atoms with E-state index < -0.39 is 0 Å². The van der Waals surface area contributed by atoms with E-state index in [4.69, 9.17) is 4.99 Å². The first-order chi connectivity index (χ1) is 7.46. The van der Waals surface area contributed by atoms with Crippen LogP contribution in [0.15, 0.2) is 4.99 Å². The normalized spacial score (nSPS) is 38.2. The van der Waals surface area contributed by atoms with Gasteiger partial charge >= 0.3 is 0 Å². The first-order valence-corrected chi connectivity index (χ1v) is 7.42. The van der Waals surface area contributed by atoms with E-state index in [-0.39, 0.29) is 0 Å². The molecule has 0 aromatic rings. The van der Waals surface area contributed by atoms with Gasteiger partial charge in [0.05, 0.1) is 6.04 Å². The molecule has 0 aromatic heterocycles. The van der Waals surface area contributed by atoms with Crippen LogP contribution in [0, 0.1) is 11.3 Å². The summed E-state index contributed by atoms with van der Waals surface area (Å²) in [6.45, 7) is 9.26. The zero-order valence-electron chi connectivity index (χ0n) is 10.9. The van der Waals surface area contributed by atoms with Crippen molar-refractivity contribution in [3.8, 4) is 0 Å². The van der Waals surface area contributed by atoms with Gasteiger partial charge in [-0.3, -0.25) is 4.99 Å². The lowest BCUT2D eigenvalue weighted by molar-refractivity contribution is 0.372. The quantitative estimate of drug-likeness (QED) is 0.760. The lowest BCUT2D eigenvalue weighted by atomic mass is 9.92. The van der Waals surface area contributed by atoms with E-state index in [9.17, 15) is 0 Å². The highest BCUT2D eigenvalue weighted by Gasteiger charge is 2.32. The van der Waals surface area contributed by atoms with Crippen LogP contribution in [0.5, 0.6) is 0 Å². The first kappa shape index (κ1) is 12.3. The zero-order valence-corrected chi connectivity index (χ0v) is 11.7. The highest BCUT2D eigenvalue weighted by atomic mass is 32.2. The van der Waals surface area contributed by atoms with Crippen LogP contribution in [0.3, 0.4) is 0 Å². The lowest BCUT2D eigenvalue weighted by Gasteiger charge is -2.26. The van der Waals surface area contributed by atoms with E-state index in [1.807, 2.05) is 11.8 Å². The molecule has 2 rings (SSSR count). The van der Waals surface area contributed by atoms with Gasteiger partial charge in [0.2, 0.25) is 0 Å². The van der Waals surface area contributed by atoms with Gasteiger partial charge in [-0.2, -0.15) is 0 Å². The summed E-state index contributed by atoms with van der Waals surface area (Å²) in [4.78, 5) is 4.74. The second-order valence-corrected chi connectivity index (χ2v) is 7.22. The fourth-order valence-electron chi connectivity index (χ4n) is 2.51. The van der Waals surface area contributed by atoms with Gasteiger partial charge in [-0.25, -0.2) is 0 Å². The van der Waals surface area contributed by atoms with E-state index in [1.54, 1.807) is 0 Å². The molecule has 92 valence electrons. The van der Waals surface area contributed by atoms with E-state index in [2.05, 4.69) is 33.0 Å². The Balaban J connectivity index is 1.89. The molecule has 0 saturated heterocycles. The zero-order chi connectivity index (χ0) is 11.8. The van der Waals surface area contributed by atoms with Crippen molar-refractivity contribution in [1.82, 2.24) is 5.32 Å². The SMILES string of the molecule is CC1CSC(NC2CCC(C)(C)C2)=NC1C. The van der Waals surface area contributed by atoms with Gasteiger partial charge < -0.3 is 5.32 Å². The molecular formula is C13H24N2S. The minimum Gasteiger partial charge on any atom is -0.362 e. The van der Waals surface area contributed by atoms with Gasteiger partial charge in [-0.05, 0) is 37.5 Å². The Bertz CT molecular complexity index is 286. The molecule has 0 radical (unpaired) electrons. The molecule has 3 unspecified atom stereocenters. The van der Waals surface area contributed by atoms with Crippen molar-refractivity contribution in [1.29, 1.82) is 0 Å². The van der Waals surface area contributed by atoms with Crippen molar-refractivity contribution in [2.45, 2.75) is 59.0 Å². The minimum absolute atomic E-state index is 0.484. The molecule has 1 saturated carbocycles. The van der Waals surface area contributed by atoms with Crippen LogP contribution in [-0.4, -0.2) is 23.0 Å². The molecule has 1 aliphatic heterocycles.